The summed E-state index contributed by atoms with van der Waals surface area (Å²) in [5, 5.41) is 20.2. The highest BCUT2D eigenvalue weighted by Gasteiger charge is 2.32. The van der Waals surface area contributed by atoms with Crippen molar-refractivity contribution in [3.8, 4) is 28.6 Å². The number of hydrogen-bond acceptors (Lipinski definition) is 11. The number of nitro groups is 1. The molecule has 0 bridgehead atoms. The molecule has 1 atom stereocenters. The summed E-state index contributed by atoms with van der Waals surface area (Å²) in [5.74, 6) is 0.236. The quantitative estimate of drug-likeness (QED) is 0.129. The molecule has 0 unspecified atom stereocenters. The molecule has 224 valence electrons. The molecule has 3 aromatic rings. The SMILES string of the molecule is COC(=O)C1=C(C)NC(=O)N[C@@H]1c1ccc(OCC(=O)N/N=C\c2ccc(-c3cc([N+](=O)[O-])ccc3OC)o2)c(OC)c1. The van der Waals surface area contributed by atoms with Gasteiger partial charge in [-0.15, -0.1) is 0 Å². The van der Waals surface area contributed by atoms with Crippen LogP contribution < -0.4 is 30.3 Å². The number of ether oxygens (including phenoxy) is 4. The summed E-state index contributed by atoms with van der Waals surface area (Å²) in [6.07, 6.45) is 1.25. The molecular weight excluding hydrogens is 566 g/mol. The van der Waals surface area contributed by atoms with Crippen LogP contribution in [0, 0.1) is 10.1 Å². The molecule has 15 nitrogen and oxygen atoms in total. The normalized spacial score (nSPS) is 14.5. The van der Waals surface area contributed by atoms with E-state index in [0.717, 1.165) is 0 Å². The number of urea groups is 1. The van der Waals surface area contributed by atoms with E-state index in [-0.39, 0.29) is 28.5 Å². The molecule has 3 N–H and O–H groups in total. The zero-order valence-electron chi connectivity index (χ0n) is 23.5. The summed E-state index contributed by atoms with van der Waals surface area (Å²) < 4.78 is 26.8. The number of furan rings is 1. The summed E-state index contributed by atoms with van der Waals surface area (Å²) in [7, 11) is 4.08. The number of nitrogens with zero attached hydrogens (tertiary/aromatic N) is 2. The number of allylic oxidation sites excluding steroid dienone is 1. The van der Waals surface area contributed by atoms with Crippen LogP contribution in [0.25, 0.3) is 11.3 Å². The highest BCUT2D eigenvalue weighted by Crippen LogP contribution is 2.35. The van der Waals surface area contributed by atoms with Crippen LogP contribution in [0.1, 0.15) is 24.3 Å². The van der Waals surface area contributed by atoms with Gasteiger partial charge < -0.3 is 34.0 Å². The van der Waals surface area contributed by atoms with E-state index >= 15 is 0 Å². The fourth-order valence-corrected chi connectivity index (χ4v) is 4.22. The maximum Gasteiger partial charge on any atom is 0.337 e. The molecule has 2 heterocycles. The van der Waals surface area contributed by atoms with Crippen molar-refractivity contribution in [2.75, 3.05) is 27.9 Å². The zero-order valence-corrected chi connectivity index (χ0v) is 23.5. The molecule has 2 aromatic carbocycles. The number of esters is 1. The van der Waals surface area contributed by atoms with E-state index in [1.807, 2.05) is 0 Å². The van der Waals surface area contributed by atoms with Gasteiger partial charge in [0.25, 0.3) is 11.6 Å². The molecule has 0 radical (unpaired) electrons. The van der Waals surface area contributed by atoms with Crippen molar-refractivity contribution in [1.82, 2.24) is 16.1 Å². The molecule has 1 aliphatic heterocycles. The third-order valence-corrected chi connectivity index (χ3v) is 6.22. The Hall–Kier alpha value is -5.86. The van der Waals surface area contributed by atoms with E-state index in [1.165, 1.54) is 51.8 Å². The summed E-state index contributed by atoms with van der Waals surface area (Å²) in [5.41, 5.74) is 3.66. The Balaban J connectivity index is 1.39. The van der Waals surface area contributed by atoms with Crippen molar-refractivity contribution < 1.29 is 42.7 Å². The minimum absolute atomic E-state index is 0.128. The summed E-state index contributed by atoms with van der Waals surface area (Å²) in [4.78, 5) is 47.4. The average Bonchev–Trinajstić information content (AvgIpc) is 3.47. The molecule has 15 heteroatoms. The topological polar surface area (TPSA) is 193 Å². The summed E-state index contributed by atoms with van der Waals surface area (Å²) in [6, 6.07) is 10.7. The Kier molecular flexibility index (Phi) is 9.24. The number of hydrazone groups is 1. The van der Waals surface area contributed by atoms with Gasteiger partial charge in [0.15, 0.2) is 18.1 Å². The van der Waals surface area contributed by atoms with E-state index in [0.29, 0.717) is 28.3 Å². The smallest absolute Gasteiger partial charge is 0.337 e. The van der Waals surface area contributed by atoms with Gasteiger partial charge in [-0.2, -0.15) is 5.10 Å². The molecule has 0 saturated heterocycles. The molecule has 0 spiro atoms. The Labute approximate surface area is 244 Å². The molecule has 0 aliphatic carbocycles. The number of rotatable bonds is 11. The minimum atomic E-state index is -0.804. The van der Waals surface area contributed by atoms with Crippen LogP contribution >= 0.6 is 0 Å². The lowest BCUT2D eigenvalue weighted by molar-refractivity contribution is -0.384. The lowest BCUT2D eigenvalue weighted by Crippen LogP contribution is -2.45. The van der Waals surface area contributed by atoms with E-state index in [9.17, 15) is 24.5 Å². The van der Waals surface area contributed by atoms with Crippen molar-refractivity contribution in [2.24, 2.45) is 5.10 Å². The summed E-state index contributed by atoms with van der Waals surface area (Å²) in [6.45, 7) is 1.17. The number of nitrogens with one attached hydrogen (secondary N) is 3. The van der Waals surface area contributed by atoms with Crippen LogP contribution in [0.5, 0.6) is 17.2 Å². The number of hydrogen-bond donors (Lipinski definition) is 3. The zero-order chi connectivity index (χ0) is 31.1. The monoisotopic (exact) mass is 593 g/mol. The third kappa shape index (κ3) is 6.90. The first kappa shape index (κ1) is 30.1. The fraction of sp³-hybridized carbons (Fsp3) is 0.214. The van der Waals surface area contributed by atoms with Gasteiger partial charge >= 0.3 is 12.0 Å². The van der Waals surface area contributed by atoms with Crippen LogP contribution in [0.15, 0.2) is 69.3 Å². The first-order valence-electron chi connectivity index (χ1n) is 12.6. The Bertz CT molecular complexity index is 1630. The van der Waals surface area contributed by atoms with Crippen LogP contribution in [-0.4, -0.2) is 57.0 Å². The number of amides is 3. The van der Waals surface area contributed by atoms with Gasteiger partial charge in [-0.3, -0.25) is 14.9 Å². The molecule has 0 fully saturated rings. The van der Waals surface area contributed by atoms with Gasteiger partial charge in [0, 0.05) is 17.8 Å². The predicted octanol–water partition coefficient (Wildman–Crippen LogP) is 3.20. The van der Waals surface area contributed by atoms with Crippen LogP contribution in [0.3, 0.4) is 0 Å². The molecule has 4 rings (SSSR count). The maximum absolute atomic E-state index is 12.4. The molecule has 1 aromatic heterocycles. The average molecular weight is 594 g/mol. The second kappa shape index (κ2) is 13.2. The van der Waals surface area contributed by atoms with E-state index in [1.54, 1.807) is 31.2 Å². The molecule has 3 amide bonds. The van der Waals surface area contributed by atoms with Crippen molar-refractivity contribution in [3.05, 3.63) is 81.2 Å². The second-order valence-corrected chi connectivity index (χ2v) is 8.90. The largest absolute Gasteiger partial charge is 0.496 e. The Morgan fingerprint density at radius 1 is 1.07 bits per heavy atom. The van der Waals surface area contributed by atoms with Gasteiger partial charge in [-0.05, 0) is 42.8 Å². The van der Waals surface area contributed by atoms with Crippen LogP contribution in [0.4, 0.5) is 10.5 Å². The first-order chi connectivity index (χ1) is 20.6. The van der Waals surface area contributed by atoms with E-state index in [2.05, 4.69) is 21.2 Å². The van der Waals surface area contributed by atoms with Crippen LogP contribution in [0.2, 0.25) is 0 Å². The van der Waals surface area contributed by atoms with Gasteiger partial charge in [0.2, 0.25) is 0 Å². The molecule has 1 aliphatic rings. The fourth-order valence-electron chi connectivity index (χ4n) is 4.22. The molecular formula is C28H27N5O10. The van der Waals surface area contributed by atoms with Crippen molar-refractivity contribution in [2.45, 2.75) is 13.0 Å². The number of non-ortho nitro benzene ring substituents is 1. The number of carbonyl (C=O) groups is 3. The molecule has 43 heavy (non-hydrogen) atoms. The number of methoxy groups -OCH3 is 3. The van der Waals surface area contributed by atoms with E-state index < -0.39 is 35.5 Å². The Morgan fingerprint density at radius 2 is 1.81 bits per heavy atom. The first-order valence-corrected chi connectivity index (χ1v) is 12.6. The van der Waals surface area contributed by atoms with Crippen molar-refractivity contribution in [3.63, 3.8) is 0 Å². The number of benzene rings is 2. The molecule has 0 saturated carbocycles. The minimum Gasteiger partial charge on any atom is -0.496 e. The Morgan fingerprint density at radius 3 is 2.51 bits per heavy atom. The highest BCUT2D eigenvalue weighted by atomic mass is 16.6. The second-order valence-electron chi connectivity index (χ2n) is 8.90. The lowest BCUT2D eigenvalue weighted by atomic mass is 9.95. The third-order valence-electron chi connectivity index (χ3n) is 6.22. The highest BCUT2D eigenvalue weighted by molar-refractivity contribution is 5.95. The van der Waals surface area contributed by atoms with Gasteiger partial charge in [0.05, 0.1) is 49.6 Å². The van der Waals surface area contributed by atoms with Crippen molar-refractivity contribution in [1.29, 1.82) is 0 Å². The standard InChI is InChI=1S/C28H27N5O10/c1-15-25(27(35)41-4)26(31-28(36)30-15)16-5-8-22(23(11-16)40-3)42-14-24(34)32-29-13-18-7-10-21(43-18)19-12-17(33(37)38)6-9-20(19)39-2/h5-13,26H,14H2,1-4H3,(H,32,34)(H2,30,31,36)/b29-13-/t26-/m1/s1. The lowest BCUT2D eigenvalue weighted by Gasteiger charge is -2.28. The van der Waals surface area contributed by atoms with Gasteiger partial charge in [-0.25, -0.2) is 15.0 Å². The van der Waals surface area contributed by atoms with Gasteiger partial charge in [0.1, 0.15) is 17.3 Å². The summed E-state index contributed by atoms with van der Waals surface area (Å²) >= 11 is 0. The van der Waals surface area contributed by atoms with Crippen molar-refractivity contribution >= 4 is 29.8 Å². The number of nitro benzene ring substituents is 1. The van der Waals surface area contributed by atoms with Crippen LogP contribution in [-0.2, 0) is 14.3 Å². The maximum atomic E-state index is 12.4. The predicted molar refractivity (Wildman–Crippen MR) is 151 cm³/mol. The van der Waals surface area contributed by atoms with E-state index in [4.69, 9.17) is 23.4 Å². The van der Waals surface area contributed by atoms with Gasteiger partial charge in [-0.1, -0.05) is 6.07 Å². The number of carbonyl (C=O) groups excluding carboxylic acids is 3.